The molecule has 0 aliphatic heterocycles. The molecule has 0 spiro atoms. The van der Waals surface area contributed by atoms with Crippen molar-refractivity contribution in [2.75, 3.05) is 0 Å². The Kier molecular flexibility index (Phi) is 2.04. The summed E-state index contributed by atoms with van der Waals surface area (Å²) in [5.74, 6) is 0. The van der Waals surface area contributed by atoms with Gasteiger partial charge < -0.3 is 0 Å². The lowest BCUT2D eigenvalue weighted by Gasteiger charge is -2.15. The highest BCUT2D eigenvalue weighted by Gasteiger charge is 2.07. The van der Waals surface area contributed by atoms with Crippen LogP contribution in [0, 0.1) is 0 Å². The van der Waals surface area contributed by atoms with E-state index >= 15 is 0 Å². The van der Waals surface area contributed by atoms with Gasteiger partial charge in [-0.15, -0.1) is 0 Å². The van der Waals surface area contributed by atoms with Crippen LogP contribution in [0.3, 0.4) is 0 Å². The number of aromatic nitrogens is 3. The number of aryl methyl sites for hydroxylation is 1. The highest BCUT2D eigenvalue weighted by Crippen LogP contribution is 2.24. The number of allylic oxidation sites excluding steroid dienone is 2. The van der Waals surface area contributed by atoms with Gasteiger partial charge in [-0.1, -0.05) is 11.6 Å². The Balaban J connectivity index is 2.09. The molecule has 4 heteroatoms. The number of nitrogens with zero attached hydrogens (tertiary/aromatic N) is 3. The van der Waals surface area contributed by atoms with E-state index in [-0.39, 0.29) is 5.69 Å². The molecular weight excluding hydrogens is 166 g/mol. The van der Waals surface area contributed by atoms with Crippen LogP contribution in [0.25, 0.3) is 0 Å². The van der Waals surface area contributed by atoms with E-state index in [0.717, 1.165) is 0 Å². The molecule has 1 heterocycles. The van der Waals surface area contributed by atoms with E-state index in [2.05, 4.69) is 11.2 Å². The number of hydrogen-bond donors (Lipinski definition) is 0. The average Bonchev–Trinajstić information content (AvgIpc) is 2.33. The van der Waals surface area contributed by atoms with Crippen molar-refractivity contribution in [1.29, 1.82) is 0 Å². The van der Waals surface area contributed by atoms with Gasteiger partial charge in [0.1, 0.15) is 6.33 Å². The highest BCUT2D eigenvalue weighted by molar-refractivity contribution is 5.09. The Labute approximate surface area is 76.5 Å². The Hall–Kier alpha value is -1.32. The molecule has 1 saturated carbocycles. The lowest BCUT2D eigenvalue weighted by molar-refractivity contribution is 0.641. The van der Waals surface area contributed by atoms with Crippen molar-refractivity contribution in [3.05, 3.63) is 28.5 Å². The zero-order chi connectivity index (χ0) is 9.26. The summed E-state index contributed by atoms with van der Waals surface area (Å²) in [5, 5.41) is 3.88. The molecule has 1 aromatic heterocycles. The Morgan fingerprint density at radius 2 is 2.38 bits per heavy atom. The van der Waals surface area contributed by atoms with Gasteiger partial charge in [0.05, 0.1) is 0 Å². The predicted octanol–water partition coefficient (Wildman–Crippen LogP) is 0.692. The molecular formula is C9H13N3O. The molecule has 1 aliphatic carbocycles. The van der Waals surface area contributed by atoms with Gasteiger partial charge in [0, 0.05) is 13.6 Å². The first-order valence-corrected chi connectivity index (χ1v) is 4.54. The summed E-state index contributed by atoms with van der Waals surface area (Å²) in [4.78, 5) is 11.3. The molecule has 1 aromatic rings. The van der Waals surface area contributed by atoms with Crippen LogP contribution in [0.4, 0.5) is 0 Å². The van der Waals surface area contributed by atoms with E-state index in [0.29, 0.717) is 6.54 Å². The third kappa shape index (κ3) is 1.56. The zero-order valence-electron chi connectivity index (χ0n) is 7.73. The van der Waals surface area contributed by atoms with Crippen molar-refractivity contribution < 1.29 is 0 Å². The monoisotopic (exact) mass is 179 g/mol. The fraction of sp³-hybridized carbons (Fsp3) is 0.556. The van der Waals surface area contributed by atoms with Crippen molar-refractivity contribution in [2.24, 2.45) is 7.05 Å². The molecule has 0 bridgehead atoms. The predicted molar refractivity (Wildman–Crippen MR) is 49.4 cm³/mol. The lowest BCUT2D eigenvalue weighted by atomic mass is 9.92. The first-order chi connectivity index (χ1) is 6.27. The fourth-order valence-electron chi connectivity index (χ4n) is 1.36. The zero-order valence-corrected chi connectivity index (χ0v) is 7.73. The maximum atomic E-state index is 11.3. The smallest absolute Gasteiger partial charge is 0.278 e. The molecule has 0 N–H and O–H groups in total. The fourth-order valence-corrected chi connectivity index (χ4v) is 1.36. The molecule has 70 valence electrons. The van der Waals surface area contributed by atoms with Gasteiger partial charge >= 0.3 is 5.69 Å². The summed E-state index contributed by atoms with van der Waals surface area (Å²) in [6.07, 6.45) is 7.42. The Bertz CT molecular complexity index is 380. The van der Waals surface area contributed by atoms with Gasteiger partial charge in [-0.05, 0) is 19.3 Å². The van der Waals surface area contributed by atoms with E-state index in [1.165, 1.54) is 29.5 Å². The second-order valence-corrected chi connectivity index (χ2v) is 3.41. The lowest BCUT2D eigenvalue weighted by Crippen LogP contribution is -2.22. The minimum absolute atomic E-state index is 0.0452. The van der Waals surface area contributed by atoms with Crippen molar-refractivity contribution in [1.82, 2.24) is 14.3 Å². The van der Waals surface area contributed by atoms with Crippen LogP contribution in [0.15, 0.2) is 22.8 Å². The van der Waals surface area contributed by atoms with E-state index in [9.17, 15) is 4.79 Å². The highest BCUT2D eigenvalue weighted by atomic mass is 16.2. The van der Waals surface area contributed by atoms with Gasteiger partial charge in [-0.3, -0.25) is 4.57 Å². The number of hydrogen-bond acceptors (Lipinski definition) is 2. The van der Waals surface area contributed by atoms with Crippen molar-refractivity contribution >= 4 is 0 Å². The third-order valence-electron chi connectivity index (χ3n) is 2.46. The van der Waals surface area contributed by atoms with E-state index in [1.807, 2.05) is 0 Å². The summed E-state index contributed by atoms with van der Waals surface area (Å²) >= 11 is 0. The number of rotatable bonds is 2. The van der Waals surface area contributed by atoms with Gasteiger partial charge in [0.25, 0.3) is 0 Å². The van der Waals surface area contributed by atoms with Gasteiger partial charge in [-0.25, -0.2) is 9.48 Å². The first kappa shape index (κ1) is 8.29. The molecule has 0 atom stereocenters. The Morgan fingerprint density at radius 3 is 2.85 bits per heavy atom. The van der Waals surface area contributed by atoms with Crippen molar-refractivity contribution in [2.45, 2.75) is 25.8 Å². The summed E-state index contributed by atoms with van der Waals surface area (Å²) in [5.41, 5.74) is 1.42. The van der Waals surface area contributed by atoms with Crippen LogP contribution in [-0.4, -0.2) is 14.3 Å². The largest absolute Gasteiger partial charge is 0.345 e. The van der Waals surface area contributed by atoms with Gasteiger partial charge in [0.2, 0.25) is 0 Å². The van der Waals surface area contributed by atoms with Crippen LogP contribution >= 0.6 is 0 Å². The minimum atomic E-state index is -0.0452. The van der Waals surface area contributed by atoms with Crippen LogP contribution in [0.1, 0.15) is 19.3 Å². The van der Waals surface area contributed by atoms with Gasteiger partial charge in [-0.2, -0.15) is 5.10 Å². The normalized spacial score (nSPS) is 15.6. The summed E-state index contributed by atoms with van der Waals surface area (Å²) in [6.45, 7) is 0.669. The molecule has 13 heavy (non-hydrogen) atoms. The van der Waals surface area contributed by atoms with E-state index in [1.54, 1.807) is 17.9 Å². The maximum Gasteiger partial charge on any atom is 0.345 e. The molecule has 4 nitrogen and oxygen atoms in total. The average molecular weight is 179 g/mol. The molecule has 0 amide bonds. The second-order valence-electron chi connectivity index (χ2n) is 3.41. The second kappa shape index (κ2) is 3.20. The van der Waals surface area contributed by atoms with Crippen LogP contribution in [0.2, 0.25) is 0 Å². The molecule has 0 radical (unpaired) electrons. The van der Waals surface area contributed by atoms with E-state index < -0.39 is 0 Å². The first-order valence-electron chi connectivity index (χ1n) is 4.54. The third-order valence-corrected chi connectivity index (χ3v) is 2.46. The van der Waals surface area contributed by atoms with Crippen LogP contribution < -0.4 is 5.69 Å². The van der Waals surface area contributed by atoms with Gasteiger partial charge in [0.15, 0.2) is 0 Å². The van der Waals surface area contributed by atoms with Crippen molar-refractivity contribution in [3.63, 3.8) is 0 Å². The molecule has 0 unspecified atom stereocenters. The molecule has 0 saturated heterocycles. The van der Waals surface area contributed by atoms with Crippen LogP contribution in [-0.2, 0) is 13.6 Å². The summed E-state index contributed by atoms with van der Waals surface area (Å²) < 4.78 is 2.96. The van der Waals surface area contributed by atoms with Crippen LogP contribution in [0.5, 0.6) is 0 Å². The van der Waals surface area contributed by atoms with E-state index in [4.69, 9.17) is 0 Å². The maximum absolute atomic E-state index is 11.3. The molecule has 1 fully saturated rings. The molecule has 1 aliphatic rings. The standard InChI is InChI=1S/C9H13N3O/c1-11-9(13)12(7-10-11)6-5-8-3-2-4-8/h5,7H,2-4,6H2,1H3. The molecule has 2 rings (SSSR count). The topological polar surface area (TPSA) is 39.8 Å². The van der Waals surface area contributed by atoms with Crippen molar-refractivity contribution in [3.8, 4) is 0 Å². The quantitative estimate of drug-likeness (QED) is 0.627. The SMILES string of the molecule is Cn1ncn(CC=C2CCC2)c1=O. The Morgan fingerprint density at radius 1 is 1.62 bits per heavy atom. The molecule has 0 aromatic carbocycles. The minimum Gasteiger partial charge on any atom is -0.278 e. The summed E-state index contributed by atoms with van der Waals surface area (Å²) in [6, 6.07) is 0. The summed E-state index contributed by atoms with van der Waals surface area (Å²) in [7, 11) is 1.66.